The molecule has 0 aliphatic carbocycles. The lowest BCUT2D eigenvalue weighted by Crippen LogP contribution is -2.39. The van der Waals surface area contributed by atoms with E-state index in [0.29, 0.717) is 5.69 Å². The first-order valence-corrected chi connectivity index (χ1v) is 6.76. The van der Waals surface area contributed by atoms with E-state index in [1.807, 2.05) is 18.2 Å². The Morgan fingerprint density at radius 1 is 1.30 bits per heavy atom. The van der Waals surface area contributed by atoms with E-state index in [2.05, 4.69) is 10.2 Å². The van der Waals surface area contributed by atoms with Gasteiger partial charge in [0.1, 0.15) is 0 Å². The molecule has 0 radical (unpaired) electrons. The molecule has 1 atom stereocenters. The Kier molecular flexibility index (Phi) is 4.57. The largest absolute Gasteiger partial charge is 0.371 e. The lowest BCUT2D eigenvalue weighted by atomic mass is 10.2. The third kappa shape index (κ3) is 3.71. The molecule has 1 unspecified atom stereocenters. The molecule has 0 aromatic heterocycles. The summed E-state index contributed by atoms with van der Waals surface area (Å²) < 4.78 is 0. The van der Waals surface area contributed by atoms with E-state index < -0.39 is 17.9 Å². The van der Waals surface area contributed by atoms with E-state index in [1.54, 1.807) is 6.07 Å². The quantitative estimate of drug-likeness (QED) is 0.725. The number of anilines is 2. The molecule has 20 heavy (non-hydrogen) atoms. The monoisotopic (exact) mass is 276 g/mol. The highest BCUT2D eigenvalue weighted by atomic mass is 16.2. The fourth-order valence-electron chi connectivity index (χ4n) is 2.30. The van der Waals surface area contributed by atoms with Crippen LogP contribution in [0, 0.1) is 0 Å². The molecular weight excluding hydrogens is 256 g/mol. The van der Waals surface area contributed by atoms with Gasteiger partial charge in [-0.15, -0.1) is 0 Å². The summed E-state index contributed by atoms with van der Waals surface area (Å²) in [7, 11) is 0. The number of benzene rings is 1. The van der Waals surface area contributed by atoms with Gasteiger partial charge in [0.05, 0.1) is 12.5 Å². The minimum atomic E-state index is -0.914. The minimum Gasteiger partial charge on any atom is -0.371 e. The number of nitrogens with zero attached hydrogens (tertiary/aromatic N) is 1. The second-order valence-corrected chi connectivity index (χ2v) is 5.01. The van der Waals surface area contributed by atoms with Crippen LogP contribution in [0.25, 0.3) is 0 Å². The molecule has 5 N–H and O–H groups in total. The molecule has 0 saturated carbocycles. The van der Waals surface area contributed by atoms with Crippen molar-refractivity contribution in [1.82, 2.24) is 0 Å². The van der Waals surface area contributed by atoms with E-state index >= 15 is 0 Å². The summed E-state index contributed by atoms with van der Waals surface area (Å²) in [5.74, 6) is -0.985. The van der Waals surface area contributed by atoms with Crippen LogP contribution in [-0.2, 0) is 9.59 Å². The van der Waals surface area contributed by atoms with Crippen molar-refractivity contribution in [3.8, 4) is 0 Å². The van der Waals surface area contributed by atoms with Crippen LogP contribution in [0.15, 0.2) is 24.3 Å². The van der Waals surface area contributed by atoms with Gasteiger partial charge in [0.15, 0.2) is 0 Å². The van der Waals surface area contributed by atoms with Crippen LogP contribution in [0.4, 0.5) is 11.4 Å². The fraction of sp³-hybridized carbons (Fsp3) is 0.429. The summed E-state index contributed by atoms with van der Waals surface area (Å²) in [5, 5.41) is 2.71. The van der Waals surface area contributed by atoms with Gasteiger partial charge in [-0.3, -0.25) is 9.59 Å². The number of hydrogen-bond acceptors (Lipinski definition) is 4. The predicted molar refractivity (Wildman–Crippen MR) is 78.3 cm³/mol. The summed E-state index contributed by atoms with van der Waals surface area (Å²) in [6, 6.07) is 6.71. The first-order valence-electron chi connectivity index (χ1n) is 6.76. The maximum atomic E-state index is 11.8. The van der Waals surface area contributed by atoms with Crippen LogP contribution in [0.3, 0.4) is 0 Å². The van der Waals surface area contributed by atoms with Crippen LogP contribution in [0.5, 0.6) is 0 Å². The Balaban J connectivity index is 2.00. The molecule has 2 amide bonds. The average Bonchev–Trinajstić information content (AvgIpc) is 2.92. The van der Waals surface area contributed by atoms with Gasteiger partial charge in [0.25, 0.3) is 0 Å². The summed E-state index contributed by atoms with van der Waals surface area (Å²) in [6.07, 6.45) is 2.23. The smallest absolute Gasteiger partial charge is 0.241 e. The molecule has 108 valence electrons. The van der Waals surface area contributed by atoms with Gasteiger partial charge in [-0.1, -0.05) is 6.07 Å². The van der Waals surface area contributed by atoms with Crippen molar-refractivity contribution in [1.29, 1.82) is 0 Å². The van der Waals surface area contributed by atoms with Crippen molar-refractivity contribution >= 4 is 23.2 Å². The van der Waals surface area contributed by atoms with E-state index in [4.69, 9.17) is 11.5 Å². The number of carbonyl (C=O) groups is 2. The van der Waals surface area contributed by atoms with Crippen molar-refractivity contribution < 1.29 is 9.59 Å². The molecule has 1 heterocycles. The standard InChI is InChI=1S/C14H20N4O2/c15-12(9-13(16)19)14(20)17-10-4-3-5-11(8-10)18-6-1-2-7-18/h3-5,8,12H,1-2,6-7,9,15H2,(H2,16,19)(H,17,20). The molecule has 0 bridgehead atoms. The summed E-state index contributed by atoms with van der Waals surface area (Å²) >= 11 is 0. The van der Waals surface area contributed by atoms with Crippen molar-refractivity contribution in [2.45, 2.75) is 25.3 Å². The lowest BCUT2D eigenvalue weighted by molar-refractivity contribution is -0.123. The molecule has 1 aromatic carbocycles. The van der Waals surface area contributed by atoms with Crippen molar-refractivity contribution in [3.63, 3.8) is 0 Å². The van der Waals surface area contributed by atoms with Gasteiger partial charge in [-0.25, -0.2) is 0 Å². The fourth-order valence-corrected chi connectivity index (χ4v) is 2.30. The first-order chi connectivity index (χ1) is 9.56. The molecular formula is C14H20N4O2. The van der Waals surface area contributed by atoms with Gasteiger partial charge in [0.2, 0.25) is 11.8 Å². The van der Waals surface area contributed by atoms with Gasteiger partial charge in [-0.2, -0.15) is 0 Å². The van der Waals surface area contributed by atoms with E-state index in [9.17, 15) is 9.59 Å². The Morgan fingerprint density at radius 2 is 2.00 bits per heavy atom. The topological polar surface area (TPSA) is 101 Å². The maximum Gasteiger partial charge on any atom is 0.241 e. The number of rotatable bonds is 5. The third-order valence-corrected chi connectivity index (χ3v) is 3.34. The summed E-state index contributed by atoms with van der Waals surface area (Å²) in [5.41, 5.74) is 12.4. The highest BCUT2D eigenvalue weighted by Gasteiger charge is 2.17. The number of nitrogens with two attached hydrogens (primary N) is 2. The number of carbonyl (C=O) groups excluding carboxylic acids is 2. The van der Waals surface area contributed by atoms with Crippen molar-refractivity contribution in [2.75, 3.05) is 23.3 Å². The van der Waals surface area contributed by atoms with E-state index in [1.165, 1.54) is 12.8 Å². The second-order valence-electron chi connectivity index (χ2n) is 5.01. The maximum absolute atomic E-state index is 11.8. The van der Waals surface area contributed by atoms with Crippen molar-refractivity contribution in [2.24, 2.45) is 11.5 Å². The Morgan fingerprint density at radius 3 is 2.65 bits per heavy atom. The molecule has 1 fully saturated rings. The zero-order chi connectivity index (χ0) is 14.5. The van der Waals surface area contributed by atoms with Crippen molar-refractivity contribution in [3.05, 3.63) is 24.3 Å². The van der Waals surface area contributed by atoms with Crippen LogP contribution in [-0.4, -0.2) is 30.9 Å². The molecule has 1 aliphatic rings. The van der Waals surface area contributed by atoms with E-state index in [0.717, 1.165) is 18.8 Å². The lowest BCUT2D eigenvalue weighted by Gasteiger charge is -2.19. The zero-order valence-corrected chi connectivity index (χ0v) is 11.3. The highest BCUT2D eigenvalue weighted by molar-refractivity contribution is 5.97. The van der Waals surface area contributed by atoms with Gasteiger partial charge in [-0.05, 0) is 31.0 Å². The third-order valence-electron chi connectivity index (χ3n) is 3.34. The molecule has 2 rings (SSSR count). The normalized spacial score (nSPS) is 15.9. The SMILES string of the molecule is NC(=O)CC(N)C(=O)Nc1cccc(N2CCCC2)c1. The Labute approximate surface area is 118 Å². The molecule has 6 heteroatoms. The summed E-state index contributed by atoms with van der Waals surface area (Å²) in [4.78, 5) is 24.9. The number of primary amides is 1. The van der Waals surface area contributed by atoms with Crippen LogP contribution >= 0.6 is 0 Å². The number of hydrogen-bond donors (Lipinski definition) is 3. The van der Waals surface area contributed by atoms with Gasteiger partial charge < -0.3 is 21.7 Å². The first kappa shape index (κ1) is 14.3. The minimum absolute atomic E-state index is 0.155. The van der Waals surface area contributed by atoms with Crippen LogP contribution < -0.4 is 21.7 Å². The Bertz CT molecular complexity index is 498. The zero-order valence-electron chi connectivity index (χ0n) is 11.3. The molecule has 6 nitrogen and oxygen atoms in total. The molecule has 1 aliphatic heterocycles. The van der Waals surface area contributed by atoms with Gasteiger partial charge >= 0.3 is 0 Å². The van der Waals surface area contributed by atoms with E-state index in [-0.39, 0.29) is 6.42 Å². The van der Waals surface area contributed by atoms with Crippen LogP contribution in [0.2, 0.25) is 0 Å². The molecule has 0 spiro atoms. The second kappa shape index (κ2) is 6.38. The van der Waals surface area contributed by atoms with Crippen LogP contribution in [0.1, 0.15) is 19.3 Å². The number of amides is 2. The summed E-state index contributed by atoms with van der Waals surface area (Å²) in [6.45, 7) is 2.08. The number of nitrogens with one attached hydrogen (secondary N) is 1. The predicted octanol–water partition coefficient (Wildman–Crippen LogP) is 0.428. The molecule has 1 saturated heterocycles. The van der Waals surface area contributed by atoms with Gasteiger partial charge in [0, 0.05) is 24.5 Å². The Hall–Kier alpha value is -2.08. The average molecular weight is 276 g/mol. The molecule has 1 aromatic rings. The highest BCUT2D eigenvalue weighted by Crippen LogP contribution is 2.23.